The number of carbonyl (C=O) groups is 3. The molecule has 1 atom stereocenters. The first kappa shape index (κ1) is 25.6. The number of hydrogen-bond acceptors (Lipinski definition) is 6. The molecule has 33 heavy (non-hydrogen) atoms. The van der Waals surface area contributed by atoms with Crippen LogP contribution in [0.3, 0.4) is 0 Å². The number of carbonyl (C=O) groups excluding carboxylic acids is 3. The van der Waals surface area contributed by atoms with Crippen LogP contribution in [0, 0.1) is 17.6 Å². The lowest BCUT2D eigenvalue weighted by molar-refractivity contribution is -0.141. The predicted molar refractivity (Wildman–Crippen MR) is 118 cm³/mol. The van der Waals surface area contributed by atoms with Gasteiger partial charge in [0.05, 0.1) is 26.7 Å². The van der Waals surface area contributed by atoms with E-state index in [0.29, 0.717) is 11.1 Å². The highest BCUT2D eigenvalue weighted by Gasteiger charge is 2.24. The lowest BCUT2D eigenvalue weighted by Gasteiger charge is -2.10. The highest BCUT2D eigenvalue weighted by atomic mass is 19.1. The molecule has 2 aromatic rings. The van der Waals surface area contributed by atoms with Crippen LogP contribution in [0.2, 0.25) is 0 Å². The molecule has 0 aliphatic carbocycles. The maximum absolute atomic E-state index is 13.8. The third-order valence-corrected chi connectivity index (χ3v) is 4.86. The molecule has 1 N–H and O–H groups in total. The van der Waals surface area contributed by atoms with Crippen LogP contribution in [0.4, 0.5) is 8.78 Å². The van der Waals surface area contributed by atoms with E-state index in [2.05, 4.69) is 4.74 Å². The van der Waals surface area contributed by atoms with Gasteiger partial charge in [-0.3, -0.25) is 14.4 Å². The Kier molecular flexibility index (Phi) is 9.62. The van der Waals surface area contributed by atoms with Gasteiger partial charge in [-0.15, -0.1) is 0 Å². The van der Waals surface area contributed by atoms with Gasteiger partial charge < -0.3 is 14.6 Å². The number of aliphatic hydroxyl groups is 1. The summed E-state index contributed by atoms with van der Waals surface area (Å²) in [4.78, 5) is 36.9. The number of aliphatic hydroxyl groups excluding tert-OH is 1. The van der Waals surface area contributed by atoms with E-state index >= 15 is 0 Å². The second-order valence-electron chi connectivity index (χ2n) is 7.04. The van der Waals surface area contributed by atoms with Crippen molar-refractivity contribution < 1.29 is 37.7 Å². The number of rotatable bonds is 11. The average molecular weight is 458 g/mol. The van der Waals surface area contributed by atoms with Gasteiger partial charge in [0, 0.05) is 12.0 Å². The Morgan fingerprint density at radius 1 is 0.939 bits per heavy atom. The van der Waals surface area contributed by atoms with Crippen molar-refractivity contribution in [3.05, 3.63) is 76.9 Å². The Labute approximate surface area is 190 Å². The van der Waals surface area contributed by atoms with Crippen LogP contribution in [0.15, 0.2) is 48.6 Å². The first-order valence-electron chi connectivity index (χ1n) is 10.0. The van der Waals surface area contributed by atoms with Gasteiger partial charge in [-0.2, -0.15) is 0 Å². The van der Waals surface area contributed by atoms with E-state index in [4.69, 9.17) is 9.84 Å². The third kappa shape index (κ3) is 7.47. The minimum absolute atomic E-state index is 0.0539. The van der Waals surface area contributed by atoms with Gasteiger partial charge in [0.25, 0.3) is 0 Å². The summed E-state index contributed by atoms with van der Waals surface area (Å²) in [6, 6.07) is 8.18. The number of halogens is 2. The predicted octanol–water partition coefficient (Wildman–Crippen LogP) is 3.90. The average Bonchev–Trinajstić information content (AvgIpc) is 2.81. The highest BCUT2D eigenvalue weighted by molar-refractivity contribution is 6.13. The van der Waals surface area contributed by atoms with E-state index in [1.165, 1.54) is 50.6 Å². The van der Waals surface area contributed by atoms with Gasteiger partial charge in [0.1, 0.15) is 5.82 Å². The molecule has 1 unspecified atom stereocenters. The number of hydrogen-bond donors (Lipinski definition) is 1. The Bertz CT molecular complexity index is 999. The van der Waals surface area contributed by atoms with Crippen molar-refractivity contribution in [1.82, 2.24) is 0 Å². The minimum Gasteiger partial charge on any atom is -0.494 e. The molecule has 0 aromatic heterocycles. The maximum Gasteiger partial charge on any atom is 0.305 e. The highest BCUT2D eigenvalue weighted by Crippen LogP contribution is 2.20. The Balaban J connectivity index is 2.20. The lowest BCUT2D eigenvalue weighted by Crippen LogP contribution is -2.22. The van der Waals surface area contributed by atoms with Crippen molar-refractivity contribution in [2.75, 3.05) is 14.2 Å². The number of esters is 1. The molecular formula is C25H24F2O6. The summed E-state index contributed by atoms with van der Waals surface area (Å²) in [5.41, 5.74) is 0.863. The monoisotopic (exact) mass is 458 g/mol. The van der Waals surface area contributed by atoms with E-state index < -0.39 is 41.7 Å². The summed E-state index contributed by atoms with van der Waals surface area (Å²) in [7, 11) is 2.53. The number of methoxy groups -OCH3 is 2. The van der Waals surface area contributed by atoms with Crippen LogP contribution in [-0.2, 0) is 25.7 Å². The summed E-state index contributed by atoms with van der Waals surface area (Å²) >= 11 is 0. The fraction of sp³-hybridized carbons (Fsp3) is 0.240. The minimum atomic E-state index is -1.18. The SMILES string of the molecule is COC(=O)CCC(C(=O)/C=C/c1ccc(CO)c(F)c1)C(=O)/C=C/c1ccc(OC)c(F)c1. The normalized spacial score (nSPS) is 12.2. The summed E-state index contributed by atoms with van der Waals surface area (Å²) in [5.74, 6) is -4.09. The van der Waals surface area contributed by atoms with Crippen molar-refractivity contribution in [1.29, 1.82) is 0 Å². The van der Waals surface area contributed by atoms with E-state index in [1.54, 1.807) is 6.07 Å². The Hall–Kier alpha value is -3.65. The molecular weight excluding hydrogens is 434 g/mol. The molecule has 0 aliphatic rings. The summed E-state index contributed by atoms with van der Waals surface area (Å²) in [6.45, 7) is -0.455. The number of benzene rings is 2. The fourth-order valence-electron chi connectivity index (χ4n) is 2.96. The molecule has 6 nitrogen and oxygen atoms in total. The Morgan fingerprint density at radius 3 is 2.00 bits per heavy atom. The van der Waals surface area contributed by atoms with Crippen molar-refractivity contribution >= 4 is 29.7 Å². The number of allylic oxidation sites excluding steroid dienone is 2. The summed E-state index contributed by atoms with van der Waals surface area (Å²) < 4.78 is 37.1. The molecule has 0 aliphatic heterocycles. The van der Waals surface area contributed by atoms with E-state index in [-0.39, 0.29) is 24.2 Å². The number of ketones is 2. The maximum atomic E-state index is 13.8. The molecule has 2 aromatic carbocycles. The van der Waals surface area contributed by atoms with Gasteiger partial charge in [0.15, 0.2) is 23.1 Å². The quantitative estimate of drug-likeness (QED) is 0.312. The summed E-state index contributed by atoms with van der Waals surface area (Å²) in [6.07, 6.45) is 4.73. The van der Waals surface area contributed by atoms with Crippen LogP contribution in [0.25, 0.3) is 12.2 Å². The third-order valence-electron chi connectivity index (χ3n) is 4.86. The van der Waals surface area contributed by atoms with Gasteiger partial charge in [-0.05, 0) is 47.9 Å². The smallest absolute Gasteiger partial charge is 0.305 e. The van der Waals surface area contributed by atoms with Crippen LogP contribution in [0.1, 0.15) is 29.5 Å². The van der Waals surface area contributed by atoms with E-state index in [1.807, 2.05) is 0 Å². The fourth-order valence-corrected chi connectivity index (χ4v) is 2.96. The van der Waals surface area contributed by atoms with Gasteiger partial charge in [-0.25, -0.2) is 8.78 Å². The molecule has 8 heteroatoms. The molecule has 0 saturated heterocycles. The second kappa shape index (κ2) is 12.4. The lowest BCUT2D eigenvalue weighted by atomic mass is 9.92. The first-order valence-corrected chi connectivity index (χ1v) is 10.0. The van der Waals surface area contributed by atoms with Crippen LogP contribution < -0.4 is 4.74 Å². The second-order valence-corrected chi connectivity index (χ2v) is 7.04. The molecule has 174 valence electrons. The van der Waals surface area contributed by atoms with Gasteiger partial charge in [0.2, 0.25) is 0 Å². The zero-order valence-corrected chi connectivity index (χ0v) is 18.2. The zero-order valence-electron chi connectivity index (χ0n) is 18.2. The van der Waals surface area contributed by atoms with Crippen LogP contribution in [0.5, 0.6) is 5.75 Å². The van der Waals surface area contributed by atoms with Gasteiger partial charge in [-0.1, -0.05) is 30.4 Å². The van der Waals surface area contributed by atoms with E-state index in [9.17, 15) is 23.2 Å². The van der Waals surface area contributed by atoms with Crippen LogP contribution in [-0.4, -0.2) is 36.9 Å². The van der Waals surface area contributed by atoms with Crippen molar-refractivity contribution in [2.24, 2.45) is 5.92 Å². The largest absolute Gasteiger partial charge is 0.494 e. The number of ether oxygens (including phenoxy) is 2. The van der Waals surface area contributed by atoms with Crippen molar-refractivity contribution in [2.45, 2.75) is 19.4 Å². The Morgan fingerprint density at radius 2 is 1.52 bits per heavy atom. The molecule has 0 saturated carbocycles. The molecule has 0 bridgehead atoms. The standard InChI is InChI=1S/C25H24F2O6/c1-32-24-11-6-17(14-21(24)27)5-10-23(30)19(8-12-25(31)33-2)22(29)9-4-16-3-7-18(15-28)20(26)13-16/h3-7,9-11,13-14,19,28H,8,12,15H2,1-2H3/b9-4+,10-5+. The first-order chi connectivity index (χ1) is 15.8. The molecule has 0 amide bonds. The van der Waals surface area contributed by atoms with Crippen LogP contribution >= 0.6 is 0 Å². The summed E-state index contributed by atoms with van der Waals surface area (Å²) in [5, 5.41) is 9.04. The topological polar surface area (TPSA) is 89.9 Å². The van der Waals surface area contributed by atoms with Gasteiger partial charge >= 0.3 is 5.97 Å². The van der Waals surface area contributed by atoms with E-state index in [0.717, 1.165) is 18.2 Å². The van der Waals surface area contributed by atoms with Crippen molar-refractivity contribution in [3.63, 3.8) is 0 Å². The molecule has 0 fully saturated rings. The molecule has 2 rings (SSSR count). The van der Waals surface area contributed by atoms with Crippen molar-refractivity contribution in [3.8, 4) is 5.75 Å². The molecule has 0 radical (unpaired) electrons. The molecule has 0 heterocycles. The molecule has 0 spiro atoms. The zero-order chi connectivity index (χ0) is 24.4.